The summed E-state index contributed by atoms with van der Waals surface area (Å²) in [5.74, 6) is 0.453. The number of hydrogen-bond donors (Lipinski definition) is 1. The monoisotopic (exact) mass is 256 g/mol. The lowest BCUT2D eigenvalue weighted by Gasteiger charge is -2.08. The minimum absolute atomic E-state index is 0.371. The van der Waals surface area contributed by atoms with E-state index >= 15 is 0 Å². The van der Waals surface area contributed by atoms with Gasteiger partial charge in [0, 0.05) is 5.56 Å². The molecule has 0 amide bonds. The van der Waals surface area contributed by atoms with Crippen molar-refractivity contribution < 1.29 is 17.7 Å². The number of benzene rings is 1. The van der Waals surface area contributed by atoms with Crippen LogP contribution in [0.5, 0.6) is 0 Å². The smallest absolute Gasteiger partial charge is 0.359 e. The maximum atomic E-state index is 12.4. The molecule has 6 heteroatoms. The molecule has 1 aromatic heterocycles. The predicted octanol–water partition coefficient (Wildman–Crippen LogP) is 3.38. The van der Waals surface area contributed by atoms with Crippen LogP contribution in [0.25, 0.3) is 11.1 Å². The average molecular weight is 256 g/mol. The first-order valence-electron chi connectivity index (χ1n) is 5.27. The second-order valence-corrected chi connectivity index (χ2v) is 3.97. The summed E-state index contributed by atoms with van der Waals surface area (Å²) in [6.45, 7) is 1.72. The molecular weight excluding hydrogens is 245 g/mol. The van der Waals surface area contributed by atoms with Crippen LogP contribution in [0.3, 0.4) is 0 Å². The van der Waals surface area contributed by atoms with Crippen molar-refractivity contribution in [2.75, 3.05) is 0 Å². The first-order chi connectivity index (χ1) is 8.39. The van der Waals surface area contributed by atoms with Gasteiger partial charge in [0.05, 0.1) is 17.8 Å². The summed E-state index contributed by atoms with van der Waals surface area (Å²) in [6.07, 6.45) is -2.89. The van der Waals surface area contributed by atoms with E-state index in [9.17, 15) is 13.2 Å². The third-order valence-electron chi connectivity index (χ3n) is 2.54. The quantitative estimate of drug-likeness (QED) is 0.896. The van der Waals surface area contributed by atoms with Crippen molar-refractivity contribution in [3.05, 3.63) is 41.8 Å². The van der Waals surface area contributed by atoms with Gasteiger partial charge in [-0.15, -0.1) is 0 Å². The van der Waals surface area contributed by atoms with Crippen LogP contribution in [0, 0.1) is 0 Å². The first-order valence-corrected chi connectivity index (χ1v) is 5.27. The lowest BCUT2D eigenvalue weighted by molar-refractivity contribution is -0.137. The molecule has 2 rings (SSSR count). The second-order valence-electron chi connectivity index (χ2n) is 3.97. The molecule has 2 aromatic rings. The Morgan fingerprint density at radius 2 is 1.83 bits per heavy atom. The molecule has 0 radical (unpaired) electrons. The van der Waals surface area contributed by atoms with Crippen molar-refractivity contribution in [3.8, 4) is 11.1 Å². The highest BCUT2D eigenvalue weighted by molar-refractivity contribution is 5.65. The third kappa shape index (κ3) is 2.38. The largest absolute Gasteiger partial charge is 0.416 e. The molecule has 1 atom stereocenters. The second kappa shape index (κ2) is 4.45. The Hall–Kier alpha value is -1.82. The number of alkyl halides is 3. The van der Waals surface area contributed by atoms with Crippen molar-refractivity contribution in [1.29, 1.82) is 0 Å². The molecule has 1 unspecified atom stereocenters. The summed E-state index contributed by atoms with van der Waals surface area (Å²) < 4.78 is 42.2. The van der Waals surface area contributed by atoms with Crippen molar-refractivity contribution in [2.45, 2.75) is 19.1 Å². The van der Waals surface area contributed by atoms with E-state index in [0.29, 0.717) is 16.9 Å². The third-order valence-corrected chi connectivity index (χ3v) is 2.54. The van der Waals surface area contributed by atoms with Crippen LogP contribution >= 0.6 is 0 Å². The van der Waals surface area contributed by atoms with Gasteiger partial charge in [-0.2, -0.15) is 13.2 Å². The number of rotatable bonds is 2. The van der Waals surface area contributed by atoms with E-state index in [1.165, 1.54) is 18.3 Å². The van der Waals surface area contributed by atoms with Gasteiger partial charge in [0.25, 0.3) is 0 Å². The zero-order chi connectivity index (χ0) is 13.3. The fraction of sp³-hybridized carbons (Fsp3) is 0.250. The zero-order valence-electron chi connectivity index (χ0n) is 9.53. The number of nitrogens with zero attached hydrogens (tertiary/aromatic N) is 1. The van der Waals surface area contributed by atoms with Crippen molar-refractivity contribution in [2.24, 2.45) is 5.73 Å². The van der Waals surface area contributed by atoms with Crippen LogP contribution in [0.4, 0.5) is 13.2 Å². The van der Waals surface area contributed by atoms with E-state index in [0.717, 1.165) is 12.1 Å². The first kappa shape index (κ1) is 12.6. The highest BCUT2D eigenvalue weighted by atomic mass is 19.4. The van der Waals surface area contributed by atoms with E-state index < -0.39 is 11.7 Å². The number of nitrogens with two attached hydrogens (primary N) is 1. The fourth-order valence-electron chi connectivity index (χ4n) is 1.63. The SMILES string of the molecule is CC(N)c1oncc1-c1ccc(C(F)(F)F)cc1. The standard InChI is InChI=1S/C12H11F3N2O/c1-7(16)11-10(6-17-18-11)8-2-4-9(5-3-8)12(13,14)15/h2-7H,16H2,1H3. The van der Waals surface area contributed by atoms with Crippen LogP contribution < -0.4 is 5.73 Å². The van der Waals surface area contributed by atoms with Gasteiger partial charge in [0.1, 0.15) is 0 Å². The van der Waals surface area contributed by atoms with Crippen molar-refractivity contribution >= 4 is 0 Å². The Balaban J connectivity index is 2.38. The molecule has 1 aromatic carbocycles. The molecule has 0 bridgehead atoms. The van der Waals surface area contributed by atoms with E-state index in [1.54, 1.807) is 6.92 Å². The van der Waals surface area contributed by atoms with Gasteiger partial charge in [0.2, 0.25) is 0 Å². The Kier molecular flexibility index (Phi) is 3.13. The van der Waals surface area contributed by atoms with E-state index in [-0.39, 0.29) is 6.04 Å². The van der Waals surface area contributed by atoms with E-state index in [1.807, 2.05) is 0 Å². The Labute approximate surface area is 101 Å². The molecule has 0 aliphatic rings. The molecular formula is C12H11F3N2O. The number of hydrogen-bond acceptors (Lipinski definition) is 3. The van der Waals surface area contributed by atoms with Crippen LogP contribution in [0.1, 0.15) is 24.3 Å². The Morgan fingerprint density at radius 3 is 2.33 bits per heavy atom. The summed E-state index contributed by atoms with van der Waals surface area (Å²) in [6, 6.07) is 4.42. The predicted molar refractivity (Wildman–Crippen MR) is 59.5 cm³/mol. The lowest BCUT2D eigenvalue weighted by Crippen LogP contribution is -2.05. The molecule has 0 aliphatic carbocycles. The van der Waals surface area contributed by atoms with Gasteiger partial charge >= 0.3 is 6.18 Å². The molecule has 0 aliphatic heterocycles. The summed E-state index contributed by atoms with van der Waals surface area (Å²) >= 11 is 0. The molecule has 0 fully saturated rings. The molecule has 2 N–H and O–H groups in total. The highest BCUT2D eigenvalue weighted by Crippen LogP contribution is 2.32. The number of aromatic nitrogens is 1. The number of halogens is 3. The van der Waals surface area contributed by atoms with Crippen LogP contribution in [-0.4, -0.2) is 5.16 Å². The van der Waals surface area contributed by atoms with Gasteiger partial charge in [0.15, 0.2) is 5.76 Å². The minimum Gasteiger partial charge on any atom is -0.359 e. The summed E-state index contributed by atoms with van der Waals surface area (Å²) in [4.78, 5) is 0. The maximum absolute atomic E-state index is 12.4. The van der Waals surface area contributed by atoms with Gasteiger partial charge < -0.3 is 10.3 Å². The highest BCUT2D eigenvalue weighted by Gasteiger charge is 2.30. The van der Waals surface area contributed by atoms with Crippen LogP contribution in [-0.2, 0) is 6.18 Å². The van der Waals surface area contributed by atoms with E-state index in [4.69, 9.17) is 10.3 Å². The topological polar surface area (TPSA) is 52.0 Å². The van der Waals surface area contributed by atoms with Gasteiger partial charge in [-0.05, 0) is 24.6 Å². The molecule has 1 heterocycles. The van der Waals surface area contributed by atoms with Gasteiger partial charge in [-0.1, -0.05) is 17.3 Å². The molecule has 96 valence electrons. The summed E-state index contributed by atoms with van der Waals surface area (Å²) in [5, 5.41) is 3.61. The maximum Gasteiger partial charge on any atom is 0.416 e. The van der Waals surface area contributed by atoms with Crippen LogP contribution in [0.2, 0.25) is 0 Å². The summed E-state index contributed by atoms with van der Waals surface area (Å²) in [7, 11) is 0. The van der Waals surface area contributed by atoms with Gasteiger partial charge in [-0.3, -0.25) is 0 Å². The minimum atomic E-state index is -4.34. The normalized spacial score (nSPS) is 13.6. The van der Waals surface area contributed by atoms with Crippen LogP contribution in [0.15, 0.2) is 35.0 Å². The van der Waals surface area contributed by atoms with Crippen molar-refractivity contribution in [3.63, 3.8) is 0 Å². The lowest BCUT2D eigenvalue weighted by atomic mass is 10.0. The molecule has 3 nitrogen and oxygen atoms in total. The van der Waals surface area contributed by atoms with E-state index in [2.05, 4.69) is 5.16 Å². The molecule has 18 heavy (non-hydrogen) atoms. The molecule has 0 saturated heterocycles. The van der Waals surface area contributed by atoms with Gasteiger partial charge in [-0.25, -0.2) is 0 Å². The molecule has 0 spiro atoms. The Bertz CT molecular complexity index is 529. The van der Waals surface area contributed by atoms with Crippen molar-refractivity contribution in [1.82, 2.24) is 5.16 Å². The average Bonchev–Trinajstić information content (AvgIpc) is 2.77. The summed E-state index contributed by atoms with van der Waals surface area (Å²) in [5.41, 5.74) is 6.20. The Morgan fingerprint density at radius 1 is 1.22 bits per heavy atom. The fourth-order valence-corrected chi connectivity index (χ4v) is 1.63. The zero-order valence-corrected chi connectivity index (χ0v) is 9.53. The molecule has 0 saturated carbocycles.